The summed E-state index contributed by atoms with van der Waals surface area (Å²) in [4.78, 5) is 13.7. The Morgan fingerprint density at radius 3 is 2.57 bits per heavy atom. The SMILES string of the molecule is CCC1=Cc2c(cnn2-c2ccc(F)cc2)C(C(=O)NC(CC)c2cccc(S(C)(=O)=O)c2)=CC1. The molecule has 1 unspecified atom stereocenters. The molecule has 1 atom stereocenters. The van der Waals surface area contributed by atoms with Crippen LogP contribution in [0, 0.1) is 5.82 Å². The van der Waals surface area contributed by atoms with Crippen LogP contribution in [-0.2, 0) is 14.6 Å². The van der Waals surface area contributed by atoms with Gasteiger partial charge in [-0.15, -0.1) is 0 Å². The maximum atomic E-state index is 13.5. The summed E-state index contributed by atoms with van der Waals surface area (Å²) in [5, 5.41) is 7.58. The van der Waals surface area contributed by atoms with Gasteiger partial charge in [0.15, 0.2) is 9.84 Å². The van der Waals surface area contributed by atoms with E-state index in [0.29, 0.717) is 29.7 Å². The van der Waals surface area contributed by atoms with Crippen molar-refractivity contribution in [3.8, 4) is 5.69 Å². The fourth-order valence-electron chi connectivity index (χ4n) is 4.17. The van der Waals surface area contributed by atoms with Crippen LogP contribution in [0.3, 0.4) is 0 Å². The van der Waals surface area contributed by atoms with Crippen LogP contribution in [0.4, 0.5) is 4.39 Å². The molecule has 8 heteroatoms. The number of sulfone groups is 1. The molecule has 4 rings (SSSR count). The van der Waals surface area contributed by atoms with Crippen molar-refractivity contribution < 1.29 is 17.6 Å². The zero-order valence-corrected chi connectivity index (χ0v) is 20.8. The van der Waals surface area contributed by atoms with Crippen molar-refractivity contribution in [2.24, 2.45) is 0 Å². The molecule has 0 aliphatic heterocycles. The first-order valence-corrected chi connectivity index (χ1v) is 13.4. The lowest BCUT2D eigenvalue weighted by Crippen LogP contribution is -2.29. The van der Waals surface area contributed by atoms with Crippen molar-refractivity contribution in [2.45, 2.75) is 44.0 Å². The quantitative estimate of drug-likeness (QED) is 0.487. The standard InChI is InChI=1S/C27H28FN3O3S/c1-4-18-9-14-23(24-17-29-31(26(24)15-18)21-12-10-20(28)11-13-21)27(32)30-25(5-2)19-7-6-8-22(16-19)35(3,33)34/h6-8,10-17,25H,4-5,9H2,1-3H3,(H,30,32). The van der Waals surface area contributed by atoms with E-state index in [9.17, 15) is 17.6 Å². The van der Waals surface area contributed by atoms with E-state index in [2.05, 4.69) is 17.3 Å². The van der Waals surface area contributed by atoms with E-state index in [1.807, 2.05) is 25.1 Å². The minimum atomic E-state index is -3.36. The van der Waals surface area contributed by atoms with Crippen LogP contribution < -0.4 is 5.32 Å². The van der Waals surface area contributed by atoms with E-state index in [4.69, 9.17) is 0 Å². The Bertz CT molecular complexity index is 1420. The third-order valence-electron chi connectivity index (χ3n) is 6.18. The molecule has 0 radical (unpaired) electrons. The van der Waals surface area contributed by atoms with Crippen molar-refractivity contribution in [1.29, 1.82) is 0 Å². The van der Waals surface area contributed by atoms with Crippen LogP contribution >= 0.6 is 0 Å². The molecule has 0 bridgehead atoms. The predicted molar refractivity (Wildman–Crippen MR) is 135 cm³/mol. The zero-order chi connectivity index (χ0) is 25.2. The minimum Gasteiger partial charge on any atom is -0.345 e. The number of allylic oxidation sites excluding steroid dienone is 2. The zero-order valence-electron chi connectivity index (χ0n) is 20.0. The highest BCUT2D eigenvalue weighted by atomic mass is 32.2. The number of halogens is 1. The van der Waals surface area contributed by atoms with Crippen LogP contribution in [0.25, 0.3) is 17.3 Å². The largest absolute Gasteiger partial charge is 0.345 e. The van der Waals surface area contributed by atoms with Crippen molar-refractivity contribution in [3.05, 3.63) is 89.0 Å². The van der Waals surface area contributed by atoms with E-state index in [1.165, 1.54) is 18.4 Å². The molecule has 35 heavy (non-hydrogen) atoms. The summed E-state index contributed by atoms with van der Waals surface area (Å²) < 4.78 is 39.2. The number of carbonyl (C=O) groups is 1. The molecule has 0 saturated heterocycles. The summed E-state index contributed by atoms with van der Waals surface area (Å²) in [7, 11) is -3.36. The lowest BCUT2D eigenvalue weighted by atomic mass is 10.0. The number of nitrogens with zero attached hydrogens (tertiary/aromatic N) is 2. The first-order chi connectivity index (χ1) is 16.7. The summed E-state index contributed by atoms with van der Waals surface area (Å²) >= 11 is 0. The molecule has 182 valence electrons. The molecular formula is C27H28FN3O3S. The Kier molecular flexibility index (Phi) is 7.03. The molecule has 0 spiro atoms. The molecular weight excluding hydrogens is 465 g/mol. The smallest absolute Gasteiger partial charge is 0.252 e. The van der Waals surface area contributed by atoms with E-state index in [0.717, 1.165) is 23.3 Å². The first kappa shape index (κ1) is 24.6. The van der Waals surface area contributed by atoms with Crippen LogP contribution in [0.1, 0.15) is 56.0 Å². The van der Waals surface area contributed by atoms with Gasteiger partial charge in [-0.25, -0.2) is 17.5 Å². The Hall–Kier alpha value is -3.52. The second kappa shape index (κ2) is 10.00. The molecule has 1 aromatic heterocycles. The van der Waals surface area contributed by atoms with Crippen LogP contribution in [0.2, 0.25) is 0 Å². The molecule has 1 N–H and O–H groups in total. The average molecular weight is 494 g/mol. The van der Waals surface area contributed by atoms with Gasteiger partial charge in [-0.2, -0.15) is 5.10 Å². The summed E-state index contributed by atoms with van der Waals surface area (Å²) in [6.45, 7) is 4.00. The number of hydrogen-bond acceptors (Lipinski definition) is 4. The molecule has 1 heterocycles. The first-order valence-electron chi connectivity index (χ1n) is 11.6. The summed E-state index contributed by atoms with van der Waals surface area (Å²) in [6.07, 6.45) is 8.80. The van der Waals surface area contributed by atoms with Gasteiger partial charge in [0, 0.05) is 17.4 Å². The molecule has 0 saturated carbocycles. The number of amides is 1. The van der Waals surface area contributed by atoms with Gasteiger partial charge >= 0.3 is 0 Å². The number of aromatic nitrogens is 2. The number of hydrogen-bond donors (Lipinski definition) is 1. The number of rotatable bonds is 7. The maximum Gasteiger partial charge on any atom is 0.252 e. The molecule has 3 aromatic rings. The molecule has 1 aliphatic rings. The number of fused-ring (bicyclic) bond motifs is 1. The Balaban J connectivity index is 1.69. The predicted octanol–water partition coefficient (Wildman–Crippen LogP) is 5.26. The van der Waals surface area contributed by atoms with Crippen LogP contribution in [0.15, 0.2) is 71.3 Å². The normalized spacial score (nSPS) is 14.4. The number of carbonyl (C=O) groups excluding carboxylic acids is 1. The van der Waals surface area contributed by atoms with E-state index < -0.39 is 9.84 Å². The topological polar surface area (TPSA) is 81.1 Å². The van der Waals surface area contributed by atoms with Gasteiger partial charge in [0.1, 0.15) is 5.82 Å². The highest BCUT2D eigenvalue weighted by Gasteiger charge is 2.24. The lowest BCUT2D eigenvalue weighted by Gasteiger charge is -2.19. The van der Waals surface area contributed by atoms with Crippen molar-refractivity contribution >= 4 is 27.4 Å². The van der Waals surface area contributed by atoms with Gasteiger partial charge in [-0.3, -0.25) is 4.79 Å². The van der Waals surface area contributed by atoms with Crippen molar-refractivity contribution in [2.75, 3.05) is 6.26 Å². The monoisotopic (exact) mass is 493 g/mol. The van der Waals surface area contributed by atoms with Gasteiger partial charge in [0.05, 0.1) is 28.5 Å². The summed E-state index contributed by atoms with van der Waals surface area (Å²) in [6, 6.07) is 12.4. The fraction of sp³-hybridized carbons (Fsp3) is 0.259. The number of benzene rings is 2. The van der Waals surface area contributed by atoms with Gasteiger partial charge < -0.3 is 5.32 Å². The molecule has 6 nitrogen and oxygen atoms in total. The van der Waals surface area contributed by atoms with E-state index in [-0.39, 0.29) is 22.7 Å². The maximum absolute atomic E-state index is 13.5. The molecule has 1 aliphatic carbocycles. The van der Waals surface area contributed by atoms with Gasteiger partial charge in [-0.1, -0.05) is 37.6 Å². The Morgan fingerprint density at radius 1 is 1.17 bits per heavy atom. The summed E-state index contributed by atoms with van der Waals surface area (Å²) in [5.41, 5.74) is 4.53. The van der Waals surface area contributed by atoms with Gasteiger partial charge in [-0.05, 0) is 67.3 Å². The fourth-order valence-corrected chi connectivity index (χ4v) is 4.84. The second-order valence-corrected chi connectivity index (χ2v) is 10.6. The van der Waals surface area contributed by atoms with Crippen molar-refractivity contribution in [1.82, 2.24) is 15.1 Å². The molecule has 0 fully saturated rings. The third kappa shape index (κ3) is 5.27. The molecule has 1 amide bonds. The Labute approximate surface area is 205 Å². The number of nitrogens with one attached hydrogen (secondary N) is 1. The second-order valence-electron chi connectivity index (χ2n) is 8.59. The van der Waals surface area contributed by atoms with Gasteiger partial charge in [0.2, 0.25) is 0 Å². The average Bonchev–Trinajstić information content (AvgIpc) is 3.15. The third-order valence-corrected chi connectivity index (χ3v) is 7.29. The minimum absolute atomic E-state index is 0.219. The highest BCUT2D eigenvalue weighted by Crippen LogP contribution is 2.31. The van der Waals surface area contributed by atoms with E-state index >= 15 is 0 Å². The van der Waals surface area contributed by atoms with E-state index in [1.54, 1.807) is 41.2 Å². The van der Waals surface area contributed by atoms with Crippen LogP contribution in [0.5, 0.6) is 0 Å². The Morgan fingerprint density at radius 2 is 1.91 bits per heavy atom. The lowest BCUT2D eigenvalue weighted by molar-refractivity contribution is -0.116. The molecule has 2 aromatic carbocycles. The van der Waals surface area contributed by atoms with Gasteiger partial charge in [0.25, 0.3) is 5.91 Å². The van der Waals surface area contributed by atoms with Crippen molar-refractivity contribution in [3.63, 3.8) is 0 Å². The highest BCUT2D eigenvalue weighted by molar-refractivity contribution is 7.90. The summed E-state index contributed by atoms with van der Waals surface area (Å²) in [5.74, 6) is -0.588. The van der Waals surface area contributed by atoms with Crippen LogP contribution in [-0.4, -0.2) is 30.4 Å².